The van der Waals surface area contributed by atoms with Crippen LogP contribution >= 0.6 is 0 Å². The lowest BCUT2D eigenvalue weighted by atomic mass is 10.2. The maximum Gasteiger partial charge on any atom is 0.331 e. The zero-order valence-corrected chi connectivity index (χ0v) is 13.9. The Hall–Kier alpha value is -3.54. The van der Waals surface area contributed by atoms with Gasteiger partial charge >= 0.3 is 5.97 Å². The monoisotopic (exact) mass is 348 g/mol. The van der Waals surface area contributed by atoms with Crippen LogP contribution in [0.1, 0.15) is 11.3 Å². The van der Waals surface area contributed by atoms with Gasteiger partial charge < -0.3 is 14.2 Å². The summed E-state index contributed by atoms with van der Waals surface area (Å²) in [6, 6.07) is 17.0. The standard InChI is InChI=1S/C20H16N2O4/c23-20(9-7-15-6-8-18-19(12-15)26-14-25-18)24-13-16-10-11-22(21-16)17-4-2-1-3-5-17/h1-12H,13-14H2. The van der Waals surface area contributed by atoms with Gasteiger partial charge in [-0.15, -0.1) is 0 Å². The number of rotatable bonds is 5. The van der Waals surface area contributed by atoms with Crippen molar-refractivity contribution in [2.45, 2.75) is 6.61 Å². The fraction of sp³-hybridized carbons (Fsp3) is 0.100. The fourth-order valence-corrected chi connectivity index (χ4v) is 2.54. The number of para-hydroxylation sites is 1. The minimum Gasteiger partial charge on any atom is -0.456 e. The number of aromatic nitrogens is 2. The molecule has 0 N–H and O–H groups in total. The Morgan fingerprint density at radius 1 is 1.12 bits per heavy atom. The van der Waals surface area contributed by atoms with Crippen LogP contribution in [-0.2, 0) is 16.1 Å². The van der Waals surface area contributed by atoms with E-state index in [0.717, 1.165) is 11.3 Å². The van der Waals surface area contributed by atoms with E-state index in [4.69, 9.17) is 14.2 Å². The lowest BCUT2D eigenvalue weighted by Gasteiger charge is -2.01. The molecule has 0 atom stereocenters. The molecule has 4 rings (SSSR count). The van der Waals surface area contributed by atoms with Gasteiger partial charge in [0.25, 0.3) is 0 Å². The Balaban J connectivity index is 1.33. The van der Waals surface area contributed by atoms with Crippen molar-refractivity contribution in [3.05, 3.63) is 78.1 Å². The summed E-state index contributed by atoms with van der Waals surface area (Å²) in [5.74, 6) is 0.947. The first-order valence-electron chi connectivity index (χ1n) is 8.12. The largest absolute Gasteiger partial charge is 0.456 e. The van der Waals surface area contributed by atoms with Crippen LogP contribution in [0.25, 0.3) is 11.8 Å². The van der Waals surface area contributed by atoms with Crippen molar-refractivity contribution in [2.75, 3.05) is 6.79 Å². The molecule has 1 aromatic heterocycles. The van der Waals surface area contributed by atoms with Crippen LogP contribution in [0.3, 0.4) is 0 Å². The van der Waals surface area contributed by atoms with Crippen molar-refractivity contribution < 1.29 is 19.0 Å². The van der Waals surface area contributed by atoms with E-state index in [9.17, 15) is 4.79 Å². The highest BCUT2D eigenvalue weighted by atomic mass is 16.7. The van der Waals surface area contributed by atoms with E-state index >= 15 is 0 Å². The number of esters is 1. The molecule has 0 radical (unpaired) electrons. The molecule has 0 amide bonds. The third kappa shape index (κ3) is 3.59. The predicted molar refractivity (Wildman–Crippen MR) is 95.0 cm³/mol. The smallest absolute Gasteiger partial charge is 0.331 e. The van der Waals surface area contributed by atoms with Crippen LogP contribution in [0.2, 0.25) is 0 Å². The average Bonchev–Trinajstić information content (AvgIpc) is 3.34. The van der Waals surface area contributed by atoms with Gasteiger partial charge in [0.1, 0.15) is 12.3 Å². The molecule has 6 nitrogen and oxygen atoms in total. The Bertz CT molecular complexity index is 947. The summed E-state index contributed by atoms with van der Waals surface area (Å²) < 4.78 is 17.5. The van der Waals surface area contributed by atoms with E-state index in [2.05, 4.69) is 5.10 Å². The summed E-state index contributed by atoms with van der Waals surface area (Å²) in [5.41, 5.74) is 2.46. The van der Waals surface area contributed by atoms with E-state index in [1.807, 2.05) is 60.8 Å². The maximum absolute atomic E-state index is 11.9. The number of nitrogens with zero attached hydrogens (tertiary/aromatic N) is 2. The second kappa shape index (κ2) is 7.14. The second-order valence-electron chi connectivity index (χ2n) is 5.64. The number of hydrogen-bond donors (Lipinski definition) is 0. The first kappa shape index (κ1) is 16.0. The first-order chi connectivity index (χ1) is 12.8. The van der Waals surface area contributed by atoms with Gasteiger partial charge in [0.05, 0.1) is 5.69 Å². The van der Waals surface area contributed by atoms with Gasteiger partial charge in [-0.1, -0.05) is 24.3 Å². The van der Waals surface area contributed by atoms with Gasteiger partial charge in [-0.3, -0.25) is 0 Å². The number of ether oxygens (including phenoxy) is 3. The SMILES string of the molecule is O=C(C=Cc1ccc2c(c1)OCO2)OCc1ccn(-c2ccccc2)n1. The lowest BCUT2D eigenvalue weighted by Crippen LogP contribution is -2.02. The number of hydrogen-bond acceptors (Lipinski definition) is 5. The fourth-order valence-electron chi connectivity index (χ4n) is 2.54. The molecule has 130 valence electrons. The zero-order valence-electron chi connectivity index (χ0n) is 13.9. The quantitative estimate of drug-likeness (QED) is 0.523. The average molecular weight is 348 g/mol. The highest BCUT2D eigenvalue weighted by Gasteiger charge is 2.12. The summed E-state index contributed by atoms with van der Waals surface area (Å²) in [5, 5.41) is 4.39. The van der Waals surface area contributed by atoms with E-state index < -0.39 is 5.97 Å². The van der Waals surface area contributed by atoms with E-state index in [1.54, 1.807) is 10.8 Å². The van der Waals surface area contributed by atoms with Crippen LogP contribution in [0, 0.1) is 0 Å². The molecular weight excluding hydrogens is 332 g/mol. The van der Waals surface area contributed by atoms with Crippen LogP contribution in [-0.4, -0.2) is 22.5 Å². The van der Waals surface area contributed by atoms with Gasteiger partial charge in [-0.05, 0) is 42.0 Å². The molecule has 3 aromatic rings. The molecule has 0 aliphatic carbocycles. The van der Waals surface area contributed by atoms with Crippen molar-refractivity contribution in [1.29, 1.82) is 0 Å². The Morgan fingerprint density at radius 3 is 2.85 bits per heavy atom. The molecule has 2 heterocycles. The molecule has 1 aliphatic rings. The van der Waals surface area contributed by atoms with Gasteiger partial charge in [-0.2, -0.15) is 5.10 Å². The van der Waals surface area contributed by atoms with Crippen molar-refractivity contribution in [2.24, 2.45) is 0 Å². The molecule has 0 spiro atoms. The molecule has 0 unspecified atom stereocenters. The van der Waals surface area contributed by atoms with E-state index in [-0.39, 0.29) is 13.4 Å². The van der Waals surface area contributed by atoms with Gasteiger partial charge in [-0.25, -0.2) is 9.48 Å². The molecule has 0 saturated carbocycles. The maximum atomic E-state index is 11.9. The molecular formula is C20H16N2O4. The number of carbonyl (C=O) groups excluding carboxylic acids is 1. The minimum atomic E-state index is -0.433. The predicted octanol–water partition coefficient (Wildman–Crippen LogP) is 3.36. The molecule has 6 heteroatoms. The number of fused-ring (bicyclic) bond motifs is 1. The van der Waals surface area contributed by atoms with E-state index in [1.165, 1.54) is 6.08 Å². The van der Waals surface area contributed by atoms with Gasteiger partial charge in [0.15, 0.2) is 11.5 Å². The molecule has 0 saturated heterocycles. The summed E-state index contributed by atoms with van der Waals surface area (Å²) in [4.78, 5) is 11.9. The highest BCUT2D eigenvalue weighted by Crippen LogP contribution is 2.32. The minimum absolute atomic E-state index is 0.115. The zero-order chi connectivity index (χ0) is 17.8. The van der Waals surface area contributed by atoms with Crippen molar-refractivity contribution in [3.8, 4) is 17.2 Å². The van der Waals surface area contributed by atoms with E-state index in [0.29, 0.717) is 17.2 Å². The number of carbonyl (C=O) groups is 1. The topological polar surface area (TPSA) is 62.6 Å². The van der Waals surface area contributed by atoms with Crippen LogP contribution in [0.5, 0.6) is 11.5 Å². The normalized spacial score (nSPS) is 12.5. The summed E-state index contributed by atoms with van der Waals surface area (Å²) in [6.45, 7) is 0.338. The van der Waals surface area contributed by atoms with Crippen molar-refractivity contribution in [1.82, 2.24) is 9.78 Å². The van der Waals surface area contributed by atoms with Crippen molar-refractivity contribution in [3.63, 3.8) is 0 Å². The molecule has 0 fully saturated rings. The van der Waals surface area contributed by atoms with Gasteiger partial charge in [0.2, 0.25) is 6.79 Å². The lowest BCUT2D eigenvalue weighted by molar-refractivity contribution is -0.139. The Kier molecular flexibility index (Phi) is 4.38. The molecule has 26 heavy (non-hydrogen) atoms. The summed E-state index contributed by atoms with van der Waals surface area (Å²) in [7, 11) is 0. The molecule has 1 aliphatic heterocycles. The Labute approximate surface area is 150 Å². The van der Waals surface area contributed by atoms with Crippen LogP contribution in [0.4, 0.5) is 0 Å². The van der Waals surface area contributed by atoms with Crippen LogP contribution < -0.4 is 9.47 Å². The summed E-state index contributed by atoms with van der Waals surface area (Å²) >= 11 is 0. The van der Waals surface area contributed by atoms with Crippen LogP contribution in [0.15, 0.2) is 66.9 Å². The highest BCUT2D eigenvalue weighted by molar-refractivity contribution is 5.87. The third-order valence-corrected chi connectivity index (χ3v) is 3.84. The summed E-state index contributed by atoms with van der Waals surface area (Å²) in [6.07, 6.45) is 4.89. The second-order valence-corrected chi connectivity index (χ2v) is 5.64. The Morgan fingerprint density at radius 2 is 1.96 bits per heavy atom. The molecule has 0 bridgehead atoms. The first-order valence-corrected chi connectivity index (χ1v) is 8.12. The third-order valence-electron chi connectivity index (χ3n) is 3.84. The van der Waals surface area contributed by atoms with Gasteiger partial charge in [0, 0.05) is 12.3 Å². The van der Waals surface area contributed by atoms with Crippen molar-refractivity contribution >= 4 is 12.0 Å². The molecule has 2 aromatic carbocycles. The number of benzene rings is 2.